The Morgan fingerprint density at radius 2 is 2.00 bits per heavy atom. The first-order chi connectivity index (χ1) is 9.90. The number of aromatic hydroxyl groups is 1. The van der Waals surface area contributed by atoms with Crippen LogP contribution in [-0.4, -0.2) is 20.6 Å². The van der Waals surface area contributed by atoms with E-state index in [1.807, 2.05) is 19.9 Å². The van der Waals surface area contributed by atoms with Gasteiger partial charge in [0.2, 0.25) is 0 Å². The molecule has 1 N–H and O–H groups in total. The number of carbonyl (C=O) groups excluding carboxylic acids is 1. The molecule has 2 aromatic rings. The number of ether oxygens (including phenoxy) is 1. The summed E-state index contributed by atoms with van der Waals surface area (Å²) in [6.07, 6.45) is 5.00. The Kier molecular flexibility index (Phi) is 4.31. The van der Waals surface area contributed by atoms with Crippen molar-refractivity contribution in [3.05, 3.63) is 36.4 Å². The molecule has 0 bridgehead atoms. The van der Waals surface area contributed by atoms with Gasteiger partial charge in [-0.25, -0.2) is 4.98 Å². The van der Waals surface area contributed by atoms with Crippen molar-refractivity contribution in [1.82, 2.24) is 9.55 Å². The maximum atomic E-state index is 11.8. The normalized spacial score (nSPS) is 11.1. The average Bonchev–Trinajstić information content (AvgIpc) is 2.92. The molecule has 1 aromatic carbocycles. The number of nitrogens with zero attached hydrogens (tertiary/aromatic N) is 2. The third-order valence-electron chi connectivity index (χ3n) is 3.19. The molecule has 0 atom stereocenters. The molecular weight excluding hydrogens is 268 g/mol. The van der Waals surface area contributed by atoms with Gasteiger partial charge in [0, 0.05) is 18.5 Å². The van der Waals surface area contributed by atoms with Crippen LogP contribution in [0.3, 0.4) is 0 Å². The number of carbonyl (C=O) groups is 1. The summed E-state index contributed by atoms with van der Waals surface area (Å²) < 4.78 is 7.12. The van der Waals surface area contributed by atoms with E-state index < -0.39 is 0 Å². The highest BCUT2D eigenvalue weighted by Gasteiger charge is 2.18. The van der Waals surface area contributed by atoms with Crippen LogP contribution in [0.2, 0.25) is 0 Å². The lowest BCUT2D eigenvalue weighted by Gasteiger charge is -2.17. The van der Waals surface area contributed by atoms with Crippen LogP contribution in [0, 0.1) is 5.92 Å². The number of phenolic OH excluding ortho intramolecular Hbond substituents is 1. The maximum absolute atomic E-state index is 11.8. The third kappa shape index (κ3) is 3.24. The van der Waals surface area contributed by atoms with Crippen molar-refractivity contribution in [2.24, 2.45) is 5.92 Å². The molecule has 21 heavy (non-hydrogen) atoms. The Balaban J connectivity index is 2.47. The molecule has 0 radical (unpaired) electrons. The first-order valence-electron chi connectivity index (χ1n) is 6.97. The summed E-state index contributed by atoms with van der Waals surface area (Å²) in [6, 6.07) is 3.32. The van der Waals surface area contributed by atoms with E-state index in [1.165, 1.54) is 6.07 Å². The summed E-state index contributed by atoms with van der Waals surface area (Å²) in [4.78, 5) is 15.8. The van der Waals surface area contributed by atoms with E-state index in [4.69, 9.17) is 4.74 Å². The van der Waals surface area contributed by atoms with Gasteiger partial charge in [0.25, 0.3) is 0 Å². The Hall–Kier alpha value is -2.30. The largest absolute Gasteiger partial charge is 0.506 e. The third-order valence-corrected chi connectivity index (χ3v) is 3.19. The molecule has 0 aliphatic heterocycles. The van der Waals surface area contributed by atoms with Gasteiger partial charge in [0.1, 0.15) is 11.5 Å². The molecule has 0 fully saturated rings. The second-order valence-corrected chi connectivity index (χ2v) is 5.58. The van der Waals surface area contributed by atoms with Gasteiger partial charge in [0.05, 0.1) is 17.9 Å². The van der Waals surface area contributed by atoms with E-state index in [9.17, 15) is 9.90 Å². The fourth-order valence-corrected chi connectivity index (χ4v) is 1.95. The first kappa shape index (κ1) is 15.1. The minimum absolute atomic E-state index is 0.0453. The number of imidazole rings is 1. The van der Waals surface area contributed by atoms with Gasteiger partial charge in [-0.2, -0.15) is 0 Å². The van der Waals surface area contributed by atoms with E-state index >= 15 is 0 Å². The molecule has 1 heterocycles. The van der Waals surface area contributed by atoms with Crippen LogP contribution in [0.5, 0.6) is 11.5 Å². The molecule has 0 aliphatic carbocycles. The van der Waals surface area contributed by atoms with Crippen LogP contribution in [-0.2, 0) is 4.79 Å². The molecule has 0 saturated heterocycles. The number of benzene rings is 1. The lowest BCUT2D eigenvalue weighted by atomic mass is 10.0. The minimum atomic E-state index is -0.313. The topological polar surface area (TPSA) is 64.3 Å². The highest BCUT2D eigenvalue weighted by atomic mass is 16.5. The highest BCUT2D eigenvalue weighted by Crippen LogP contribution is 2.35. The predicted molar refractivity (Wildman–Crippen MR) is 79.8 cm³/mol. The minimum Gasteiger partial charge on any atom is -0.506 e. The van der Waals surface area contributed by atoms with Gasteiger partial charge in [-0.05, 0) is 17.5 Å². The highest BCUT2D eigenvalue weighted by molar-refractivity contribution is 5.75. The molecule has 2 rings (SSSR count). The lowest BCUT2D eigenvalue weighted by Crippen LogP contribution is -2.16. The molecule has 0 spiro atoms. The van der Waals surface area contributed by atoms with Crippen molar-refractivity contribution in [2.45, 2.75) is 33.6 Å². The lowest BCUT2D eigenvalue weighted by molar-refractivity contribution is -0.137. The second-order valence-electron chi connectivity index (χ2n) is 5.58. The molecule has 112 valence electrons. The van der Waals surface area contributed by atoms with E-state index in [0.29, 0.717) is 11.4 Å². The van der Waals surface area contributed by atoms with Gasteiger partial charge in [-0.1, -0.05) is 27.7 Å². The SMILES string of the molecule is CC(C)C(=O)Oc1cc(O)c(-n2ccnc2)cc1C(C)C. The van der Waals surface area contributed by atoms with Crippen molar-refractivity contribution in [2.75, 3.05) is 0 Å². The van der Waals surface area contributed by atoms with Gasteiger partial charge in [0.15, 0.2) is 0 Å². The summed E-state index contributed by atoms with van der Waals surface area (Å²) >= 11 is 0. The van der Waals surface area contributed by atoms with E-state index in [-0.39, 0.29) is 23.6 Å². The van der Waals surface area contributed by atoms with E-state index in [0.717, 1.165) is 5.56 Å². The molecular formula is C16H20N2O3. The fraction of sp³-hybridized carbons (Fsp3) is 0.375. The van der Waals surface area contributed by atoms with Gasteiger partial charge in [-0.3, -0.25) is 4.79 Å². The Bertz CT molecular complexity index is 631. The monoisotopic (exact) mass is 288 g/mol. The summed E-state index contributed by atoms with van der Waals surface area (Å²) in [5.74, 6) is 0.0732. The van der Waals surface area contributed by atoms with E-state index in [2.05, 4.69) is 4.98 Å². The Morgan fingerprint density at radius 3 is 2.52 bits per heavy atom. The number of aromatic nitrogens is 2. The summed E-state index contributed by atoms with van der Waals surface area (Å²) in [6.45, 7) is 7.57. The molecule has 0 unspecified atom stereocenters. The molecule has 5 heteroatoms. The maximum Gasteiger partial charge on any atom is 0.313 e. The standard InChI is InChI=1S/C16H20N2O3/c1-10(2)12-7-13(18-6-5-17-9-18)14(19)8-15(12)21-16(20)11(3)4/h5-11,19H,1-4H3. The van der Waals surface area contributed by atoms with Crippen molar-refractivity contribution in [1.29, 1.82) is 0 Å². The van der Waals surface area contributed by atoms with Crippen LogP contribution >= 0.6 is 0 Å². The average molecular weight is 288 g/mol. The zero-order chi connectivity index (χ0) is 15.6. The van der Waals surface area contributed by atoms with Crippen LogP contribution in [0.15, 0.2) is 30.9 Å². The van der Waals surface area contributed by atoms with Gasteiger partial charge < -0.3 is 14.4 Å². The predicted octanol–water partition coefficient (Wildman–Crippen LogP) is 3.26. The molecule has 5 nitrogen and oxygen atoms in total. The molecule has 0 amide bonds. The summed E-state index contributed by atoms with van der Waals surface area (Å²) in [7, 11) is 0. The molecule has 1 aromatic heterocycles. The van der Waals surface area contributed by atoms with Gasteiger partial charge >= 0.3 is 5.97 Å². The zero-order valence-electron chi connectivity index (χ0n) is 12.7. The van der Waals surface area contributed by atoms with E-state index in [1.54, 1.807) is 37.1 Å². The Labute approximate surface area is 124 Å². The van der Waals surface area contributed by atoms with Crippen molar-refractivity contribution < 1.29 is 14.6 Å². The zero-order valence-corrected chi connectivity index (χ0v) is 12.7. The van der Waals surface area contributed by atoms with Crippen LogP contribution < -0.4 is 4.74 Å². The number of hydrogen-bond acceptors (Lipinski definition) is 4. The smallest absolute Gasteiger partial charge is 0.313 e. The van der Waals surface area contributed by atoms with Gasteiger partial charge in [-0.15, -0.1) is 0 Å². The quantitative estimate of drug-likeness (QED) is 0.692. The van der Waals surface area contributed by atoms with Crippen molar-refractivity contribution in [3.8, 4) is 17.2 Å². The number of rotatable bonds is 4. The van der Waals surface area contributed by atoms with Crippen LogP contribution in [0.1, 0.15) is 39.2 Å². The van der Waals surface area contributed by atoms with Crippen LogP contribution in [0.25, 0.3) is 5.69 Å². The summed E-state index contributed by atoms with van der Waals surface area (Å²) in [5.41, 5.74) is 1.48. The van der Waals surface area contributed by atoms with Crippen molar-refractivity contribution in [3.63, 3.8) is 0 Å². The number of esters is 1. The van der Waals surface area contributed by atoms with Crippen LogP contribution in [0.4, 0.5) is 0 Å². The summed E-state index contributed by atoms with van der Waals surface area (Å²) in [5, 5.41) is 10.2. The first-order valence-corrected chi connectivity index (χ1v) is 6.97. The fourth-order valence-electron chi connectivity index (χ4n) is 1.95. The Morgan fingerprint density at radius 1 is 1.29 bits per heavy atom. The number of phenols is 1. The van der Waals surface area contributed by atoms with Crippen molar-refractivity contribution >= 4 is 5.97 Å². The molecule has 0 saturated carbocycles. The second kappa shape index (κ2) is 5.99. The molecule has 0 aliphatic rings. The number of hydrogen-bond donors (Lipinski definition) is 1.